The molecule has 6 heteroatoms. The van der Waals surface area contributed by atoms with Gasteiger partial charge in [0.1, 0.15) is 11.9 Å². The summed E-state index contributed by atoms with van der Waals surface area (Å²) in [5, 5.41) is 2.91. The van der Waals surface area contributed by atoms with Crippen molar-refractivity contribution < 1.29 is 14.0 Å². The monoisotopic (exact) mass is 362 g/mol. The van der Waals surface area contributed by atoms with Crippen molar-refractivity contribution in [2.45, 2.75) is 12.5 Å². The van der Waals surface area contributed by atoms with Crippen LogP contribution in [0.4, 0.5) is 15.8 Å². The lowest BCUT2D eigenvalue weighted by atomic mass is 10.2. The first-order valence-electron chi connectivity index (χ1n) is 6.69. The van der Waals surface area contributed by atoms with E-state index in [4.69, 9.17) is 0 Å². The lowest BCUT2D eigenvalue weighted by Crippen LogP contribution is -2.35. The van der Waals surface area contributed by atoms with Crippen LogP contribution in [0, 0.1) is 5.82 Å². The van der Waals surface area contributed by atoms with Crippen LogP contribution < -0.4 is 10.2 Å². The average molecular weight is 363 g/mol. The molecule has 4 nitrogen and oxygen atoms in total. The van der Waals surface area contributed by atoms with Crippen molar-refractivity contribution in [1.82, 2.24) is 0 Å². The van der Waals surface area contributed by atoms with Crippen molar-refractivity contribution in [3.05, 3.63) is 58.8 Å². The number of nitrogens with one attached hydrogen (secondary N) is 1. The second-order valence-electron chi connectivity index (χ2n) is 4.93. The minimum Gasteiger partial charge on any atom is -0.373 e. The largest absolute Gasteiger partial charge is 0.373 e. The minimum atomic E-state index is -0.693. The van der Waals surface area contributed by atoms with Crippen LogP contribution in [0.15, 0.2) is 53.0 Å². The number of hydrogen-bond donors (Lipinski definition) is 1. The van der Waals surface area contributed by atoms with Crippen LogP contribution in [-0.4, -0.2) is 17.9 Å². The molecule has 0 aliphatic carbocycles. The number of carbonyl (C=O) groups excluding carboxylic acids is 2. The maximum atomic E-state index is 13.2. The molecule has 22 heavy (non-hydrogen) atoms. The van der Waals surface area contributed by atoms with Gasteiger partial charge in [-0.2, -0.15) is 0 Å². The quantitative estimate of drug-likeness (QED) is 0.852. The Labute approximate surface area is 135 Å². The highest BCUT2D eigenvalue weighted by atomic mass is 79.9. The molecule has 1 aliphatic heterocycles. The van der Waals surface area contributed by atoms with Gasteiger partial charge in [-0.3, -0.25) is 9.59 Å². The predicted molar refractivity (Wildman–Crippen MR) is 85.1 cm³/mol. The average Bonchev–Trinajstić information content (AvgIpc) is 2.74. The normalized spacial score (nSPS) is 17.9. The zero-order valence-electron chi connectivity index (χ0n) is 11.4. The molecular formula is C16H12BrFN2O2. The van der Waals surface area contributed by atoms with E-state index in [-0.39, 0.29) is 18.2 Å². The third kappa shape index (κ3) is 2.74. The molecule has 2 amide bonds. The van der Waals surface area contributed by atoms with Crippen LogP contribution in [0.3, 0.4) is 0 Å². The number of carbonyl (C=O) groups is 2. The standard InChI is InChI=1S/C16H12BrFN2O2/c17-12-6-1-2-7-14(12)20-15(21)9-13(16(20)22)19-11-5-3-4-10(18)8-11/h1-8,13,19H,9H2. The molecule has 0 saturated carbocycles. The number of halogens is 2. The van der Waals surface area contributed by atoms with Crippen molar-refractivity contribution in [2.75, 3.05) is 10.2 Å². The van der Waals surface area contributed by atoms with Crippen LogP contribution >= 0.6 is 15.9 Å². The van der Waals surface area contributed by atoms with Gasteiger partial charge in [-0.15, -0.1) is 0 Å². The number of hydrogen-bond acceptors (Lipinski definition) is 3. The Hall–Kier alpha value is -2.21. The Morgan fingerprint density at radius 3 is 2.64 bits per heavy atom. The summed E-state index contributed by atoms with van der Waals surface area (Å²) in [4.78, 5) is 25.8. The summed E-state index contributed by atoms with van der Waals surface area (Å²) in [6, 6.07) is 12.1. The number of imide groups is 1. The number of benzene rings is 2. The second kappa shape index (κ2) is 5.88. The molecule has 0 aromatic heterocycles. The summed E-state index contributed by atoms with van der Waals surface area (Å²) < 4.78 is 13.9. The summed E-state index contributed by atoms with van der Waals surface area (Å²) in [7, 11) is 0. The number of anilines is 2. The molecule has 1 N–H and O–H groups in total. The molecule has 3 rings (SSSR count). The smallest absolute Gasteiger partial charge is 0.256 e. The van der Waals surface area contributed by atoms with Gasteiger partial charge in [0.2, 0.25) is 5.91 Å². The lowest BCUT2D eigenvalue weighted by Gasteiger charge is -2.17. The molecular weight excluding hydrogens is 351 g/mol. The van der Waals surface area contributed by atoms with Gasteiger partial charge in [0.15, 0.2) is 0 Å². The van der Waals surface area contributed by atoms with Gasteiger partial charge < -0.3 is 5.32 Å². The summed E-state index contributed by atoms with van der Waals surface area (Å²) in [5.41, 5.74) is 0.987. The molecule has 112 valence electrons. The van der Waals surface area contributed by atoms with Gasteiger partial charge in [0.25, 0.3) is 5.91 Å². The van der Waals surface area contributed by atoms with Crippen LogP contribution in [0.25, 0.3) is 0 Å². The molecule has 1 aliphatic rings. The molecule has 2 aromatic carbocycles. The van der Waals surface area contributed by atoms with E-state index in [0.717, 1.165) is 4.90 Å². The summed E-state index contributed by atoms with van der Waals surface area (Å²) in [6.07, 6.45) is 0.0384. The highest BCUT2D eigenvalue weighted by Crippen LogP contribution is 2.31. The van der Waals surface area contributed by atoms with Gasteiger partial charge in [0, 0.05) is 10.2 Å². The molecule has 1 heterocycles. The first-order valence-corrected chi connectivity index (χ1v) is 7.49. The number of rotatable bonds is 3. The van der Waals surface area contributed by atoms with E-state index in [1.807, 2.05) is 0 Å². The zero-order chi connectivity index (χ0) is 15.7. The maximum absolute atomic E-state index is 13.2. The molecule has 1 fully saturated rings. The van der Waals surface area contributed by atoms with Gasteiger partial charge in [-0.25, -0.2) is 9.29 Å². The van der Waals surface area contributed by atoms with Crippen molar-refractivity contribution >= 4 is 39.1 Å². The van der Waals surface area contributed by atoms with Gasteiger partial charge in [-0.1, -0.05) is 18.2 Å². The minimum absolute atomic E-state index is 0.0384. The highest BCUT2D eigenvalue weighted by Gasteiger charge is 2.40. The number of amides is 2. The van der Waals surface area contributed by atoms with Crippen LogP contribution in [0.2, 0.25) is 0 Å². The van der Waals surface area contributed by atoms with Crippen molar-refractivity contribution in [3.8, 4) is 0 Å². The number of nitrogens with zero attached hydrogens (tertiary/aromatic N) is 1. The number of para-hydroxylation sites is 1. The summed E-state index contributed by atoms with van der Waals surface area (Å²) in [6.45, 7) is 0. The van der Waals surface area contributed by atoms with E-state index in [0.29, 0.717) is 15.8 Å². The molecule has 1 saturated heterocycles. The Morgan fingerprint density at radius 2 is 1.91 bits per heavy atom. The molecule has 0 radical (unpaired) electrons. The first kappa shape index (κ1) is 14.7. The third-order valence-electron chi connectivity index (χ3n) is 3.41. The molecule has 2 aromatic rings. The molecule has 1 unspecified atom stereocenters. The summed E-state index contributed by atoms with van der Waals surface area (Å²) >= 11 is 3.34. The van der Waals surface area contributed by atoms with Crippen molar-refractivity contribution in [2.24, 2.45) is 0 Å². The maximum Gasteiger partial charge on any atom is 0.256 e. The van der Waals surface area contributed by atoms with E-state index in [9.17, 15) is 14.0 Å². The second-order valence-corrected chi connectivity index (χ2v) is 5.78. The van der Waals surface area contributed by atoms with Crippen LogP contribution in [0.1, 0.15) is 6.42 Å². The predicted octanol–water partition coefficient (Wildman–Crippen LogP) is 3.33. The van der Waals surface area contributed by atoms with E-state index < -0.39 is 11.9 Å². The Bertz CT molecular complexity index is 750. The molecule has 0 spiro atoms. The molecule has 1 atom stereocenters. The first-order chi connectivity index (χ1) is 10.6. The van der Waals surface area contributed by atoms with Gasteiger partial charge >= 0.3 is 0 Å². The van der Waals surface area contributed by atoms with E-state index in [2.05, 4.69) is 21.2 Å². The fraction of sp³-hybridized carbons (Fsp3) is 0.125. The molecule has 0 bridgehead atoms. The van der Waals surface area contributed by atoms with E-state index in [1.165, 1.54) is 12.1 Å². The lowest BCUT2D eigenvalue weighted by molar-refractivity contribution is -0.121. The highest BCUT2D eigenvalue weighted by molar-refractivity contribution is 9.10. The Balaban J connectivity index is 1.84. The fourth-order valence-corrected chi connectivity index (χ4v) is 2.87. The van der Waals surface area contributed by atoms with Crippen molar-refractivity contribution in [1.29, 1.82) is 0 Å². The third-order valence-corrected chi connectivity index (χ3v) is 4.08. The SMILES string of the molecule is O=C1CC(Nc2cccc(F)c2)C(=O)N1c1ccccc1Br. The van der Waals surface area contributed by atoms with Crippen molar-refractivity contribution in [3.63, 3.8) is 0 Å². The summed E-state index contributed by atoms with van der Waals surface area (Å²) in [5.74, 6) is -1.03. The zero-order valence-corrected chi connectivity index (χ0v) is 13.0. The topological polar surface area (TPSA) is 49.4 Å². The Kier molecular flexibility index (Phi) is 3.94. The van der Waals surface area contributed by atoms with Crippen LogP contribution in [0.5, 0.6) is 0 Å². The van der Waals surface area contributed by atoms with E-state index in [1.54, 1.807) is 36.4 Å². The Morgan fingerprint density at radius 1 is 1.14 bits per heavy atom. The van der Waals surface area contributed by atoms with Gasteiger partial charge in [-0.05, 0) is 46.3 Å². The van der Waals surface area contributed by atoms with Crippen LogP contribution in [-0.2, 0) is 9.59 Å². The van der Waals surface area contributed by atoms with Gasteiger partial charge in [0.05, 0.1) is 12.1 Å². The van der Waals surface area contributed by atoms with E-state index >= 15 is 0 Å². The fourth-order valence-electron chi connectivity index (χ4n) is 2.41.